The number of nitrogens with zero attached hydrogens (tertiary/aromatic N) is 2. The number of benzene rings is 1. The van der Waals surface area contributed by atoms with E-state index in [1.54, 1.807) is 6.20 Å². The van der Waals surface area contributed by atoms with E-state index < -0.39 is 0 Å². The number of pyridine rings is 1. The number of hydrogen-bond acceptors (Lipinski definition) is 3. The van der Waals surface area contributed by atoms with Crippen LogP contribution in [0.3, 0.4) is 0 Å². The van der Waals surface area contributed by atoms with Crippen LogP contribution in [-0.2, 0) is 13.0 Å². The van der Waals surface area contributed by atoms with E-state index in [0.717, 1.165) is 30.8 Å². The highest BCUT2D eigenvalue weighted by atomic mass is 35.5. The average Bonchev–Trinajstić information content (AvgIpc) is 2.47. The molecule has 1 aromatic heterocycles. The van der Waals surface area contributed by atoms with Gasteiger partial charge in [-0.2, -0.15) is 0 Å². The van der Waals surface area contributed by atoms with Crippen molar-refractivity contribution in [3.05, 3.63) is 52.7 Å². The van der Waals surface area contributed by atoms with Crippen LogP contribution in [0.4, 0.5) is 11.5 Å². The number of halogens is 1. The van der Waals surface area contributed by atoms with Gasteiger partial charge < -0.3 is 10.6 Å². The highest BCUT2D eigenvalue weighted by molar-refractivity contribution is 6.33. The SMILES string of the molecule is NCc1ccnc(N2CCCc3ccccc32)c1Cl. The molecule has 2 N–H and O–H groups in total. The number of fused-ring (bicyclic) bond motifs is 1. The number of aromatic nitrogens is 1. The second-order valence-electron chi connectivity index (χ2n) is 4.70. The zero-order valence-electron chi connectivity index (χ0n) is 10.6. The summed E-state index contributed by atoms with van der Waals surface area (Å²) in [6.07, 6.45) is 4.00. The zero-order chi connectivity index (χ0) is 13.2. The number of anilines is 2. The number of aryl methyl sites for hydroxylation is 1. The lowest BCUT2D eigenvalue weighted by molar-refractivity contribution is 0.759. The summed E-state index contributed by atoms with van der Waals surface area (Å²) in [7, 11) is 0. The van der Waals surface area contributed by atoms with E-state index in [0.29, 0.717) is 11.6 Å². The lowest BCUT2D eigenvalue weighted by Gasteiger charge is -2.31. The Morgan fingerprint density at radius 2 is 2.11 bits per heavy atom. The minimum Gasteiger partial charge on any atom is -0.326 e. The molecule has 0 unspecified atom stereocenters. The van der Waals surface area contributed by atoms with Crippen molar-refractivity contribution in [2.24, 2.45) is 5.73 Å². The smallest absolute Gasteiger partial charge is 0.152 e. The highest BCUT2D eigenvalue weighted by Gasteiger charge is 2.21. The summed E-state index contributed by atoms with van der Waals surface area (Å²) in [6, 6.07) is 10.3. The van der Waals surface area contributed by atoms with Crippen molar-refractivity contribution in [1.29, 1.82) is 0 Å². The first kappa shape index (κ1) is 12.5. The molecule has 0 spiro atoms. The quantitative estimate of drug-likeness (QED) is 0.913. The van der Waals surface area contributed by atoms with Crippen LogP contribution in [0.15, 0.2) is 36.5 Å². The van der Waals surface area contributed by atoms with Crippen LogP contribution >= 0.6 is 11.6 Å². The largest absolute Gasteiger partial charge is 0.326 e. The minimum absolute atomic E-state index is 0.434. The van der Waals surface area contributed by atoms with E-state index in [1.807, 2.05) is 6.07 Å². The Labute approximate surface area is 118 Å². The van der Waals surface area contributed by atoms with Gasteiger partial charge in [0.2, 0.25) is 0 Å². The Balaban J connectivity index is 2.09. The minimum atomic E-state index is 0.434. The molecule has 0 saturated carbocycles. The molecular formula is C15H16ClN3. The van der Waals surface area contributed by atoms with Gasteiger partial charge >= 0.3 is 0 Å². The second-order valence-corrected chi connectivity index (χ2v) is 5.07. The van der Waals surface area contributed by atoms with Gasteiger partial charge in [0.1, 0.15) is 0 Å². The third kappa shape index (κ3) is 2.20. The van der Waals surface area contributed by atoms with Crippen LogP contribution in [-0.4, -0.2) is 11.5 Å². The molecule has 0 radical (unpaired) electrons. The van der Waals surface area contributed by atoms with Gasteiger partial charge in [-0.25, -0.2) is 4.98 Å². The molecule has 2 aromatic rings. The maximum atomic E-state index is 6.42. The van der Waals surface area contributed by atoms with Crippen molar-refractivity contribution in [2.75, 3.05) is 11.4 Å². The molecule has 1 aliphatic rings. The second kappa shape index (κ2) is 5.19. The fraction of sp³-hybridized carbons (Fsp3) is 0.267. The van der Waals surface area contributed by atoms with Crippen molar-refractivity contribution in [1.82, 2.24) is 4.98 Å². The lowest BCUT2D eigenvalue weighted by atomic mass is 10.0. The van der Waals surface area contributed by atoms with Gasteiger partial charge in [-0.3, -0.25) is 0 Å². The first-order valence-corrected chi connectivity index (χ1v) is 6.88. The van der Waals surface area contributed by atoms with Gasteiger partial charge in [-0.1, -0.05) is 29.8 Å². The van der Waals surface area contributed by atoms with Crippen LogP contribution in [0.2, 0.25) is 5.02 Å². The van der Waals surface area contributed by atoms with E-state index in [4.69, 9.17) is 17.3 Å². The fourth-order valence-corrected chi connectivity index (χ4v) is 2.86. The monoisotopic (exact) mass is 273 g/mol. The van der Waals surface area contributed by atoms with Gasteiger partial charge in [0.25, 0.3) is 0 Å². The zero-order valence-corrected chi connectivity index (χ0v) is 11.4. The standard InChI is InChI=1S/C15H16ClN3/c16-14-12(10-17)7-8-18-15(14)19-9-3-5-11-4-1-2-6-13(11)19/h1-2,4,6-8H,3,5,9-10,17H2. The first-order chi connectivity index (χ1) is 9.31. The maximum Gasteiger partial charge on any atom is 0.152 e. The summed E-state index contributed by atoms with van der Waals surface area (Å²) in [6.45, 7) is 1.38. The summed E-state index contributed by atoms with van der Waals surface area (Å²) in [5, 5.41) is 0.668. The number of para-hydroxylation sites is 1. The van der Waals surface area contributed by atoms with Crippen molar-refractivity contribution >= 4 is 23.1 Å². The molecule has 0 amide bonds. The van der Waals surface area contributed by atoms with Gasteiger partial charge in [0.15, 0.2) is 5.82 Å². The van der Waals surface area contributed by atoms with E-state index in [9.17, 15) is 0 Å². The molecule has 4 heteroatoms. The summed E-state index contributed by atoms with van der Waals surface area (Å²) < 4.78 is 0. The van der Waals surface area contributed by atoms with Crippen LogP contribution in [0, 0.1) is 0 Å². The topological polar surface area (TPSA) is 42.1 Å². The third-order valence-corrected chi connectivity index (χ3v) is 3.95. The number of nitrogens with two attached hydrogens (primary N) is 1. The van der Waals surface area contributed by atoms with Gasteiger partial charge in [0.05, 0.1) is 5.02 Å². The number of hydrogen-bond donors (Lipinski definition) is 1. The normalized spacial score (nSPS) is 14.3. The molecule has 98 valence electrons. The van der Waals surface area contributed by atoms with E-state index in [-0.39, 0.29) is 0 Å². The van der Waals surface area contributed by atoms with Gasteiger partial charge in [0, 0.05) is 25.0 Å². The first-order valence-electron chi connectivity index (χ1n) is 6.50. The molecule has 0 atom stereocenters. The summed E-state index contributed by atoms with van der Waals surface area (Å²) in [4.78, 5) is 6.64. The molecular weight excluding hydrogens is 258 g/mol. The Bertz CT molecular complexity index is 598. The Morgan fingerprint density at radius 3 is 2.95 bits per heavy atom. The summed E-state index contributed by atoms with van der Waals surface area (Å²) in [5.41, 5.74) is 9.21. The maximum absolute atomic E-state index is 6.42. The average molecular weight is 274 g/mol. The Morgan fingerprint density at radius 1 is 1.26 bits per heavy atom. The van der Waals surface area contributed by atoms with Crippen LogP contribution in [0.1, 0.15) is 17.5 Å². The molecule has 2 heterocycles. The van der Waals surface area contributed by atoms with Gasteiger partial charge in [-0.15, -0.1) is 0 Å². The van der Waals surface area contributed by atoms with Gasteiger partial charge in [-0.05, 0) is 36.1 Å². The fourth-order valence-electron chi connectivity index (χ4n) is 2.57. The summed E-state index contributed by atoms with van der Waals surface area (Å²) in [5.74, 6) is 0.816. The predicted molar refractivity (Wildman–Crippen MR) is 78.9 cm³/mol. The molecule has 1 aliphatic heterocycles. The lowest BCUT2D eigenvalue weighted by Crippen LogP contribution is -2.25. The molecule has 0 saturated heterocycles. The molecule has 0 bridgehead atoms. The van der Waals surface area contributed by atoms with Crippen molar-refractivity contribution in [2.45, 2.75) is 19.4 Å². The highest BCUT2D eigenvalue weighted by Crippen LogP contribution is 2.36. The molecule has 3 rings (SSSR count). The molecule has 1 aromatic carbocycles. The van der Waals surface area contributed by atoms with Crippen LogP contribution in [0.25, 0.3) is 0 Å². The van der Waals surface area contributed by atoms with Crippen molar-refractivity contribution < 1.29 is 0 Å². The molecule has 0 aliphatic carbocycles. The van der Waals surface area contributed by atoms with Crippen molar-refractivity contribution in [3.63, 3.8) is 0 Å². The van der Waals surface area contributed by atoms with Crippen LogP contribution in [0.5, 0.6) is 0 Å². The van der Waals surface area contributed by atoms with Crippen LogP contribution < -0.4 is 10.6 Å². The van der Waals surface area contributed by atoms with E-state index >= 15 is 0 Å². The Hall–Kier alpha value is -1.58. The third-order valence-electron chi connectivity index (χ3n) is 3.54. The predicted octanol–water partition coefficient (Wildman–Crippen LogP) is 3.28. The van der Waals surface area contributed by atoms with Crippen molar-refractivity contribution in [3.8, 4) is 0 Å². The molecule has 19 heavy (non-hydrogen) atoms. The molecule has 3 nitrogen and oxygen atoms in total. The Kier molecular flexibility index (Phi) is 3.40. The summed E-state index contributed by atoms with van der Waals surface area (Å²) >= 11 is 6.42. The number of rotatable bonds is 2. The van der Waals surface area contributed by atoms with E-state index in [2.05, 4.69) is 34.1 Å². The molecule has 0 fully saturated rings. The van der Waals surface area contributed by atoms with E-state index in [1.165, 1.54) is 11.3 Å².